The summed E-state index contributed by atoms with van der Waals surface area (Å²) in [5, 5.41) is 0. The highest BCUT2D eigenvalue weighted by Crippen LogP contribution is 2.22. The van der Waals surface area contributed by atoms with Crippen LogP contribution in [0.5, 0.6) is 5.88 Å². The number of aryl methyl sites for hydroxylation is 1. The summed E-state index contributed by atoms with van der Waals surface area (Å²) >= 11 is 0. The lowest BCUT2D eigenvalue weighted by Crippen LogP contribution is -2.37. The van der Waals surface area contributed by atoms with Crippen LogP contribution in [0.4, 0.5) is 15.1 Å². The number of aromatic nitrogens is 3. The number of halogens is 1. The number of anilines is 1. The minimum absolute atomic E-state index is 0.0497. The number of nitrogens with zero attached hydrogens (tertiary/aromatic N) is 4. The van der Waals surface area contributed by atoms with Gasteiger partial charge in [-0.2, -0.15) is 0 Å². The summed E-state index contributed by atoms with van der Waals surface area (Å²) in [5.41, 5.74) is 0.514. The van der Waals surface area contributed by atoms with Crippen molar-refractivity contribution in [1.82, 2.24) is 15.0 Å². The van der Waals surface area contributed by atoms with E-state index in [1.54, 1.807) is 33.2 Å². The fraction of sp³-hybridized carbons (Fsp3) is 0.412. The summed E-state index contributed by atoms with van der Waals surface area (Å²) in [6, 6.07) is 1.25. The molecule has 0 N–H and O–H groups in total. The van der Waals surface area contributed by atoms with Crippen molar-refractivity contribution in [3.8, 4) is 5.88 Å². The molecule has 8 heteroatoms. The fourth-order valence-corrected chi connectivity index (χ4v) is 2.00. The Morgan fingerprint density at radius 3 is 2.40 bits per heavy atom. The van der Waals surface area contributed by atoms with Gasteiger partial charge in [0.1, 0.15) is 11.4 Å². The average Bonchev–Trinajstić information content (AvgIpc) is 2.52. The molecule has 2 aromatic heterocycles. The summed E-state index contributed by atoms with van der Waals surface area (Å²) in [5.74, 6) is -0.182. The van der Waals surface area contributed by atoms with Crippen LogP contribution in [-0.4, -0.2) is 33.8 Å². The molecule has 0 radical (unpaired) electrons. The Labute approximate surface area is 145 Å². The molecule has 25 heavy (non-hydrogen) atoms. The topological polar surface area (TPSA) is 77.4 Å². The third kappa shape index (κ3) is 5.10. The Morgan fingerprint density at radius 2 is 1.84 bits per heavy atom. The number of amides is 1. The van der Waals surface area contributed by atoms with Crippen LogP contribution in [-0.2, 0) is 11.3 Å². The van der Waals surface area contributed by atoms with E-state index in [1.165, 1.54) is 18.1 Å². The van der Waals surface area contributed by atoms with Gasteiger partial charge in [-0.05, 0) is 39.3 Å². The lowest BCUT2D eigenvalue weighted by molar-refractivity contribution is 0.0574. The molecule has 0 fully saturated rings. The first-order valence-electron chi connectivity index (χ1n) is 7.67. The number of hydrogen-bond donors (Lipinski definition) is 0. The Hall–Kier alpha value is -2.77. The highest BCUT2D eigenvalue weighted by Gasteiger charge is 2.26. The number of carbonyl (C=O) groups excluding carboxylic acids is 1. The standard InChI is InChI=1S/C17H21FN4O3/c1-11-7-20-15(21-8-11)22(16(23)25-17(2,3)4)10-12-6-13(18)9-19-14(12)24-5/h6-9H,10H2,1-5H3. The predicted molar refractivity (Wildman–Crippen MR) is 89.9 cm³/mol. The van der Waals surface area contributed by atoms with Gasteiger partial charge in [-0.25, -0.2) is 29.0 Å². The van der Waals surface area contributed by atoms with Crippen molar-refractivity contribution in [1.29, 1.82) is 0 Å². The Morgan fingerprint density at radius 1 is 1.20 bits per heavy atom. The molecule has 0 saturated carbocycles. The molecule has 0 aromatic carbocycles. The van der Waals surface area contributed by atoms with Crippen LogP contribution in [0.15, 0.2) is 24.7 Å². The Bertz CT molecular complexity index is 745. The molecule has 1 amide bonds. The van der Waals surface area contributed by atoms with Crippen LogP contribution >= 0.6 is 0 Å². The maximum Gasteiger partial charge on any atom is 0.417 e. The van der Waals surface area contributed by atoms with Gasteiger partial charge >= 0.3 is 6.09 Å². The van der Waals surface area contributed by atoms with E-state index < -0.39 is 17.5 Å². The van der Waals surface area contributed by atoms with Crippen molar-refractivity contribution in [3.63, 3.8) is 0 Å². The second kappa shape index (κ2) is 7.42. The van der Waals surface area contributed by atoms with Crippen LogP contribution in [0.2, 0.25) is 0 Å². The van der Waals surface area contributed by atoms with Gasteiger partial charge < -0.3 is 9.47 Å². The molecule has 7 nitrogen and oxygen atoms in total. The number of carbonyl (C=O) groups is 1. The maximum absolute atomic E-state index is 13.6. The first kappa shape index (κ1) is 18.6. The second-order valence-corrected chi connectivity index (χ2v) is 6.45. The summed E-state index contributed by atoms with van der Waals surface area (Å²) < 4.78 is 24.1. The SMILES string of the molecule is COc1ncc(F)cc1CN(C(=O)OC(C)(C)C)c1ncc(C)cn1. The molecular weight excluding hydrogens is 327 g/mol. The van der Waals surface area contributed by atoms with E-state index in [-0.39, 0.29) is 18.4 Å². The smallest absolute Gasteiger partial charge is 0.417 e. The van der Waals surface area contributed by atoms with E-state index in [0.717, 1.165) is 11.8 Å². The van der Waals surface area contributed by atoms with Crippen LogP contribution < -0.4 is 9.64 Å². The maximum atomic E-state index is 13.6. The summed E-state index contributed by atoms with van der Waals surface area (Å²) in [7, 11) is 1.42. The van der Waals surface area contributed by atoms with E-state index in [9.17, 15) is 9.18 Å². The Kier molecular flexibility index (Phi) is 5.51. The molecule has 0 unspecified atom stereocenters. The molecule has 2 heterocycles. The van der Waals surface area contributed by atoms with Crippen LogP contribution in [0.25, 0.3) is 0 Å². The monoisotopic (exact) mass is 348 g/mol. The quantitative estimate of drug-likeness (QED) is 0.844. The van der Waals surface area contributed by atoms with Crippen LogP contribution in [0.3, 0.4) is 0 Å². The van der Waals surface area contributed by atoms with Gasteiger partial charge in [0.2, 0.25) is 11.8 Å². The van der Waals surface area contributed by atoms with Gasteiger partial charge in [0.05, 0.1) is 19.9 Å². The first-order chi connectivity index (χ1) is 11.7. The zero-order valence-electron chi connectivity index (χ0n) is 14.9. The normalized spacial score (nSPS) is 11.1. The van der Waals surface area contributed by atoms with Crippen molar-refractivity contribution in [2.24, 2.45) is 0 Å². The van der Waals surface area contributed by atoms with Gasteiger partial charge in [0, 0.05) is 18.0 Å². The lowest BCUT2D eigenvalue weighted by atomic mass is 10.2. The van der Waals surface area contributed by atoms with Gasteiger partial charge in [-0.3, -0.25) is 0 Å². The zero-order chi connectivity index (χ0) is 18.6. The number of hydrogen-bond acceptors (Lipinski definition) is 6. The molecule has 0 atom stereocenters. The first-order valence-corrected chi connectivity index (χ1v) is 7.67. The van der Waals surface area contributed by atoms with Crippen molar-refractivity contribution in [2.45, 2.75) is 39.8 Å². The molecule has 2 aromatic rings. The van der Waals surface area contributed by atoms with Crippen molar-refractivity contribution >= 4 is 12.0 Å². The predicted octanol–water partition coefficient (Wildman–Crippen LogP) is 3.27. The summed E-state index contributed by atoms with van der Waals surface area (Å²) in [6.45, 7) is 7.04. The minimum atomic E-state index is -0.704. The molecule has 0 bridgehead atoms. The van der Waals surface area contributed by atoms with E-state index in [1.807, 2.05) is 6.92 Å². The van der Waals surface area contributed by atoms with E-state index in [2.05, 4.69) is 15.0 Å². The second-order valence-electron chi connectivity index (χ2n) is 6.45. The van der Waals surface area contributed by atoms with Gasteiger partial charge in [-0.1, -0.05) is 0 Å². The molecule has 134 valence electrons. The van der Waals surface area contributed by atoms with Gasteiger partial charge in [-0.15, -0.1) is 0 Å². The molecule has 2 rings (SSSR count). The largest absolute Gasteiger partial charge is 0.481 e. The summed E-state index contributed by atoms with van der Waals surface area (Å²) in [4.78, 5) is 26.0. The number of methoxy groups -OCH3 is 1. The number of ether oxygens (including phenoxy) is 2. The van der Waals surface area contributed by atoms with E-state index in [0.29, 0.717) is 5.56 Å². The third-order valence-corrected chi connectivity index (χ3v) is 3.04. The van der Waals surface area contributed by atoms with Crippen LogP contribution in [0.1, 0.15) is 31.9 Å². The fourth-order valence-electron chi connectivity index (χ4n) is 2.00. The van der Waals surface area contributed by atoms with E-state index in [4.69, 9.17) is 9.47 Å². The van der Waals surface area contributed by atoms with Crippen molar-refractivity contribution < 1.29 is 18.7 Å². The third-order valence-electron chi connectivity index (χ3n) is 3.04. The molecule has 0 spiro atoms. The lowest BCUT2D eigenvalue weighted by Gasteiger charge is -2.26. The highest BCUT2D eigenvalue weighted by atomic mass is 19.1. The minimum Gasteiger partial charge on any atom is -0.481 e. The highest BCUT2D eigenvalue weighted by molar-refractivity contribution is 5.85. The van der Waals surface area contributed by atoms with Crippen molar-refractivity contribution in [3.05, 3.63) is 41.6 Å². The molecule has 0 aliphatic carbocycles. The van der Waals surface area contributed by atoms with Gasteiger partial charge in [0.15, 0.2) is 0 Å². The summed E-state index contributed by atoms with van der Waals surface area (Å²) in [6.07, 6.45) is 3.56. The number of pyridine rings is 1. The molecule has 0 aliphatic rings. The van der Waals surface area contributed by atoms with Gasteiger partial charge in [0.25, 0.3) is 0 Å². The Balaban J connectivity index is 2.39. The number of rotatable bonds is 4. The van der Waals surface area contributed by atoms with E-state index >= 15 is 0 Å². The molecule has 0 aliphatic heterocycles. The molecule has 0 saturated heterocycles. The molecular formula is C17H21FN4O3. The van der Waals surface area contributed by atoms with Crippen molar-refractivity contribution in [2.75, 3.05) is 12.0 Å². The zero-order valence-corrected chi connectivity index (χ0v) is 14.9. The average molecular weight is 348 g/mol. The van der Waals surface area contributed by atoms with Crippen LogP contribution in [0, 0.1) is 12.7 Å².